The molecule has 1 unspecified atom stereocenters. The molecule has 0 spiro atoms. The summed E-state index contributed by atoms with van der Waals surface area (Å²) in [5.41, 5.74) is 7.48. The number of hydrogen-bond donors (Lipinski definition) is 1. The zero-order valence-electron chi connectivity index (χ0n) is 11.2. The molecule has 0 saturated heterocycles. The summed E-state index contributed by atoms with van der Waals surface area (Å²) < 4.78 is 1.11. The second-order valence-electron chi connectivity index (χ2n) is 5.78. The summed E-state index contributed by atoms with van der Waals surface area (Å²) in [6, 6.07) is 8.72. The number of nitrogens with zero attached hydrogens (tertiary/aromatic N) is 1. The van der Waals surface area contributed by atoms with Gasteiger partial charge in [0.15, 0.2) is 0 Å². The molecule has 1 aromatic carbocycles. The van der Waals surface area contributed by atoms with Crippen LogP contribution < -0.4 is 5.73 Å². The first-order valence-corrected chi connectivity index (χ1v) is 6.78. The van der Waals surface area contributed by atoms with Crippen molar-refractivity contribution in [3.05, 3.63) is 34.3 Å². The van der Waals surface area contributed by atoms with E-state index >= 15 is 0 Å². The van der Waals surface area contributed by atoms with Crippen molar-refractivity contribution in [1.29, 1.82) is 0 Å². The van der Waals surface area contributed by atoms with Crippen LogP contribution >= 0.6 is 15.9 Å². The van der Waals surface area contributed by atoms with Crippen molar-refractivity contribution >= 4 is 15.9 Å². The van der Waals surface area contributed by atoms with Crippen LogP contribution in [0, 0.1) is 5.41 Å². The van der Waals surface area contributed by atoms with Crippen molar-refractivity contribution in [3.8, 4) is 0 Å². The standard InChI is InChI=1S/C14H23BrN2/c1-14(2,3)10-17(4)13(9-16)11-5-7-12(15)8-6-11/h5-8,13H,9-10,16H2,1-4H3. The average Bonchev–Trinajstić information content (AvgIpc) is 2.19. The van der Waals surface area contributed by atoms with Crippen LogP contribution in [0.2, 0.25) is 0 Å². The molecule has 0 radical (unpaired) electrons. The molecular weight excluding hydrogens is 276 g/mol. The smallest absolute Gasteiger partial charge is 0.0467 e. The third kappa shape index (κ3) is 4.78. The van der Waals surface area contributed by atoms with E-state index in [9.17, 15) is 0 Å². The van der Waals surface area contributed by atoms with E-state index in [-0.39, 0.29) is 5.41 Å². The molecule has 0 bridgehead atoms. The Labute approximate surface area is 113 Å². The molecule has 0 saturated carbocycles. The van der Waals surface area contributed by atoms with Gasteiger partial charge in [-0.05, 0) is 30.2 Å². The summed E-state index contributed by atoms with van der Waals surface area (Å²) in [6.45, 7) is 8.43. The van der Waals surface area contributed by atoms with Gasteiger partial charge in [-0.2, -0.15) is 0 Å². The molecule has 1 atom stereocenters. The molecule has 96 valence electrons. The molecular formula is C14H23BrN2. The lowest BCUT2D eigenvalue weighted by Gasteiger charge is -2.33. The molecule has 0 heterocycles. The normalized spacial score (nSPS) is 14.1. The fraction of sp³-hybridized carbons (Fsp3) is 0.571. The van der Waals surface area contributed by atoms with Gasteiger partial charge in [0, 0.05) is 23.6 Å². The lowest BCUT2D eigenvalue weighted by atomic mass is 9.94. The minimum Gasteiger partial charge on any atom is -0.329 e. The average molecular weight is 299 g/mol. The zero-order valence-corrected chi connectivity index (χ0v) is 12.8. The number of benzene rings is 1. The van der Waals surface area contributed by atoms with E-state index in [1.54, 1.807) is 0 Å². The van der Waals surface area contributed by atoms with Gasteiger partial charge in [0.05, 0.1) is 0 Å². The SMILES string of the molecule is CN(CC(C)(C)C)C(CN)c1ccc(Br)cc1. The highest BCUT2D eigenvalue weighted by molar-refractivity contribution is 9.10. The summed E-state index contributed by atoms with van der Waals surface area (Å²) in [6.07, 6.45) is 0. The molecule has 0 aliphatic carbocycles. The summed E-state index contributed by atoms with van der Waals surface area (Å²) in [4.78, 5) is 2.34. The lowest BCUT2D eigenvalue weighted by molar-refractivity contribution is 0.176. The fourth-order valence-corrected chi connectivity index (χ4v) is 2.38. The number of hydrogen-bond acceptors (Lipinski definition) is 2. The Kier molecular flexibility index (Phi) is 5.17. The fourth-order valence-electron chi connectivity index (χ4n) is 2.11. The van der Waals surface area contributed by atoms with Crippen molar-refractivity contribution in [2.45, 2.75) is 26.8 Å². The maximum absolute atomic E-state index is 5.91. The highest BCUT2D eigenvalue weighted by Crippen LogP contribution is 2.24. The van der Waals surface area contributed by atoms with Crippen LogP contribution in [0.1, 0.15) is 32.4 Å². The van der Waals surface area contributed by atoms with Crippen molar-refractivity contribution in [2.75, 3.05) is 20.1 Å². The Hall–Kier alpha value is -0.380. The summed E-state index contributed by atoms with van der Waals surface area (Å²) in [5, 5.41) is 0. The minimum atomic E-state index is 0.289. The first-order chi connectivity index (χ1) is 7.83. The van der Waals surface area contributed by atoms with Crippen molar-refractivity contribution in [3.63, 3.8) is 0 Å². The molecule has 2 nitrogen and oxygen atoms in total. The largest absolute Gasteiger partial charge is 0.329 e. The zero-order chi connectivity index (χ0) is 13.1. The van der Waals surface area contributed by atoms with Crippen LogP contribution in [0.15, 0.2) is 28.7 Å². The van der Waals surface area contributed by atoms with E-state index in [1.807, 2.05) is 0 Å². The number of nitrogens with two attached hydrogens (primary N) is 1. The van der Waals surface area contributed by atoms with E-state index in [4.69, 9.17) is 5.73 Å². The van der Waals surface area contributed by atoms with Gasteiger partial charge in [-0.3, -0.25) is 4.90 Å². The van der Waals surface area contributed by atoms with Gasteiger partial charge in [0.2, 0.25) is 0 Å². The predicted octanol–water partition coefficient (Wildman–Crippen LogP) is 3.43. The van der Waals surface area contributed by atoms with Gasteiger partial charge in [-0.15, -0.1) is 0 Å². The predicted molar refractivity (Wildman–Crippen MR) is 78.0 cm³/mol. The molecule has 3 heteroatoms. The Morgan fingerprint density at radius 2 is 1.76 bits per heavy atom. The first-order valence-electron chi connectivity index (χ1n) is 5.99. The molecule has 2 N–H and O–H groups in total. The summed E-state index contributed by atoms with van der Waals surface area (Å²) in [5.74, 6) is 0. The third-order valence-corrected chi connectivity index (χ3v) is 3.26. The lowest BCUT2D eigenvalue weighted by Crippen LogP contribution is -2.36. The van der Waals surface area contributed by atoms with Gasteiger partial charge in [0.25, 0.3) is 0 Å². The van der Waals surface area contributed by atoms with Crippen LogP contribution in [0.5, 0.6) is 0 Å². The maximum Gasteiger partial charge on any atom is 0.0467 e. The number of rotatable bonds is 4. The van der Waals surface area contributed by atoms with E-state index in [0.717, 1.165) is 11.0 Å². The molecule has 0 fully saturated rings. The minimum absolute atomic E-state index is 0.289. The Morgan fingerprint density at radius 3 is 2.18 bits per heavy atom. The Bertz CT molecular complexity index is 340. The van der Waals surface area contributed by atoms with Crippen molar-refractivity contribution in [2.24, 2.45) is 11.1 Å². The molecule has 0 aliphatic heterocycles. The van der Waals surface area contributed by atoms with Crippen LogP contribution in [0.25, 0.3) is 0 Å². The summed E-state index contributed by atoms with van der Waals surface area (Å²) in [7, 11) is 2.14. The Morgan fingerprint density at radius 1 is 1.24 bits per heavy atom. The van der Waals surface area contributed by atoms with E-state index in [2.05, 4.69) is 72.9 Å². The second kappa shape index (κ2) is 5.98. The van der Waals surface area contributed by atoms with E-state index in [0.29, 0.717) is 12.6 Å². The highest BCUT2D eigenvalue weighted by atomic mass is 79.9. The van der Waals surface area contributed by atoms with Crippen LogP contribution in [-0.2, 0) is 0 Å². The molecule has 0 aromatic heterocycles. The topological polar surface area (TPSA) is 29.3 Å². The van der Waals surface area contributed by atoms with Crippen LogP contribution in [0.4, 0.5) is 0 Å². The molecule has 0 aliphatic rings. The molecule has 17 heavy (non-hydrogen) atoms. The monoisotopic (exact) mass is 298 g/mol. The van der Waals surface area contributed by atoms with Gasteiger partial charge in [0.1, 0.15) is 0 Å². The van der Waals surface area contributed by atoms with Gasteiger partial charge < -0.3 is 5.73 Å². The van der Waals surface area contributed by atoms with Crippen molar-refractivity contribution < 1.29 is 0 Å². The van der Waals surface area contributed by atoms with E-state index in [1.165, 1.54) is 5.56 Å². The van der Waals surface area contributed by atoms with Gasteiger partial charge in [-0.1, -0.05) is 48.8 Å². The van der Waals surface area contributed by atoms with Gasteiger partial charge >= 0.3 is 0 Å². The van der Waals surface area contributed by atoms with Gasteiger partial charge in [-0.25, -0.2) is 0 Å². The van der Waals surface area contributed by atoms with Crippen LogP contribution in [-0.4, -0.2) is 25.0 Å². The molecule has 1 aromatic rings. The summed E-state index contributed by atoms with van der Waals surface area (Å²) >= 11 is 3.46. The highest BCUT2D eigenvalue weighted by Gasteiger charge is 2.20. The van der Waals surface area contributed by atoms with Crippen molar-refractivity contribution in [1.82, 2.24) is 4.90 Å². The first kappa shape index (κ1) is 14.7. The number of likely N-dealkylation sites (N-methyl/N-ethyl adjacent to an activating group) is 1. The quantitative estimate of drug-likeness (QED) is 0.923. The Balaban J connectivity index is 2.80. The van der Waals surface area contributed by atoms with Crippen LogP contribution in [0.3, 0.4) is 0 Å². The van der Waals surface area contributed by atoms with E-state index < -0.39 is 0 Å². The number of halogens is 1. The maximum atomic E-state index is 5.91. The third-order valence-electron chi connectivity index (χ3n) is 2.73. The molecule has 1 rings (SSSR count). The molecule has 0 amide bonds. The second-order valence-corrected chi connectivity index (χ2v) is 6.69.